The van der Waals surface area contributed by atoms with Crippen LogP contribution in [0.3, 0.4) is 0 Å². The molecule has 3 nitrogen and oxygen atoms in total. The lowest BCUT2D eigenvalue weighted by Gasteiger charge is -2.32. The number of rotatable bonds is 5. The summed E-state index contributed by atoms with van der Waals surface area (Å²) in [5, 5.41) is 8.92. The second-order valence-electron chi connectivity index (χ2n) is 6.54. The Labute approximate surface area is 128 Å². The summed E-state index contributed by atoms with van der Waals surface area (Å²) in [5.74, 6) is 1.51. The zero-order chi connectivity index (χ0) is 14.7. The Hall–Kier alpha value is -0.540. The summed E-state index contributed by atoms with van der Waals surface area (Å²) in [6.07, 6.45) is 6.47. The van der Waals surface area contributed by atoms with Gasteiger partial charge in [0.15, 0.2) is 0 Å². The van der Waals surface area contributed by atoms with Gasteiger partial charge in [-0.2, -0.15) is 5.10 Å². The van der Waals surface area contributed by atoms with E-state index in [9.17, 15) is 0 Å². The van der Waals surface area contributed by atoms with Crippen molar-refractivity contribution in [3.63, 3.8) is 0 Å². The summed E-state index contributed by atoms with van der Waals surface area (Å²) in [6, 6.07) is 0.570. The van der Waals surface area contributed by atoms with Gasteiger partial charge >= 0.3 is 0 Å². The lowest BCUT2D eigenvalue weighted by Crippen LogP contribution is -2.35. The molecule has 4 heteroatoms. The zero-order valence-electron chi connectivity index (χ0n) is 13.2. The Morgan fingerprint density at radius 2 is 1.95 bits per heavy atom. The van der Waals surface area contributed by atoms with Gasteiger partial charge in [-0.3, -0.25) is 4.68 Å². The molecule has 20 heavy (non-hydrogen) atoms. The zero-order valence-corrected chi connectivity index (χ0v) is 14.0. The van der Waals surface area contributed by atoms with Crippen LogP contribution in [-0.4, -0.2) is 22.4 Å². The SMILES string of the molecule is Cc1nn(C)c(CC2CCCCC2CNC(C)C)c1Cl. The Kier molecular flexibility index (Phi) is 5.50. The monoisotopic (exact) mass is 297 g/mol. The summed E-state index contributed by atoms with van der Waals surface area (Å²) < 4.78 is 1.97. The van der Waals surface area contributed by atoms with Crippen LogP contribution in [0.25, 0.3) is 0 Å². The van der Waals surface area contributed by atoms with Crippen LogP contribution in [0.15, 0.2) is 0 Å². The molecule has 2 rings (SSSR count). The third kappa shape index (κ3) is 3.76. The van der Waals surface area contributed by atoms with E-state index >= 15 is 0 Å². The van der Waals surface area contributed by atoms with Gasteiger partial charge in [-0.25, -0.2) is 0 Å². The second-order valence-corrected chi connectivity index (χ2v) is 6.92. The summed E-state index contributed by atoms with van der Waals surface area (Å²) in [6.45, 7) is 7.57. The van der Waals surface area contributed by atoms with Crippen LogP contribution < -0.4 is 5.32 Å². The Balaban J connectivity index is 2.04. The van der Waals surface area contributed by atoms with Gasteiger partial charge < -0.3 is 5.32 Å². The molecule has 2 unspecified atom stereocenters. The number of halogens is 1. The van der Waals surface area contributed by atoms with Crippen LogP contribution in [0.4, 0.5) is 0 Å². The highest BCUT2D eigenvalue weighted by Crippen LogP contribution is 2.34. The van der Waals surface area contributed by atoms with Crippen molar-refractivity contribution >= 4 is 11.6 Å². The van der Waals surface area contributed by atoms with Gasteiger partial charge in [-0.1, -0.05) is 38.3 Å². The van der Waals surface area contributed by atoms with Crippen LogP contribution in [0.5, 0.6) is 0 Å². The van der Waals surface area contributed by atoms with Crippen molar-refractivity contribution in [2.75, 3.05) is 6.54 Å². The first kappa shape index (κ1) is 15.8. The lowest BCUT2D eigenvalue weighted by atomic mass is 9.76. The van der Waals surface area contributed by atoms with Crippen LogP contribution in [0.1, 0.15) is 50.9 Å². The summed E-state index contributed by atoms with van der Waals surface area (Å²) in [5.41, 5.74) is 2.17. The topological polar surface area (TPSA) is 29.9 Å². The van der Waals surface area contributed by atoms with E-state index in [4.69, 9.17) is 11.6 Å². The lowest BCUT2D eigenvalue weighted by molar-refractivity contribution is 0.222. The molecule has 0 aliphatic heterocycles. The van der Waals surface area contributed by atoms with Gasteiger partial charge in [-0.15, -0.1) is 0 Å². The molecule has 1 aromatic rings. The third-order valence-electron chi connectivity index (χ3n) is 4.57. The molecule has 2 atom stereocenters. The smallest absolute Gasteiger partial charge is 0.0847 e. The maximum Gasteiger partial charge on any atom is 0.0847 e. The van der Waals surface area contributed by atoms with Crippen molar-refractivity contribution in [1.29, 1.82) is 0 Å². The molecule has 0 aromatic carbocycles. The number of hydrogen-bond donors (Lipinski definition) is 1. The minimum Gasteiger partial charge on any atom is -0.314 e. The molecule has 1 saturated carbocycles. The third-order valence-corrected chi connectivity index (χ3v) is 5.06. The number of aromatic nitrogens is 2. The molecule has 1 fully saturated rings. The van der Waals surface area contributed by atoms with Crippen LogP contribution in [-0.2, 0) is 13.5 Å². The quantitative estimate of drug-likeness (QED) is 0.897. The van der Waals surface area contributed by atoms with Gasteiger partial charge in [-0.05, 0) is 44.6 Å². The van der Waals surface area contributed by atoms with E-state index in [2.05, 4.69) is 24.3 Å². The number of aryl methyl sites for hydroxylation is 2. The van der Waals surface area contributed by atoms with Crippen molar-refractivity contribution in [3.8, 4) is 0 Å². The highest BCUT2D eigenvalue weighted by Gasteiger charge is 2.27. The maximum absolute atomic E-state index is 6.41. The molecule has 114 valence electrons. The fraction of sp³-hybridized carbons (Fsp3) is 0.812. The second kappa shape index (κ2) is 6.95. The van der Waals surface area contributed by atoms with Crippen molar-refractivity contribution < 1.29 is 0 Å². The first-order chi connectivity index (χ1) is 9.49. The molecular weight excluding hydrogens is 270 g/mol. The van der Waals surface area contributed by atoms with Crippen molar-refractivity contribution in [1.82, 2.24) is 15.1 Å². The molecule has 1 aliphatic carbocycles. The first-order valence-electron chi connectivity index (χ1n) is 7.90. The predicted octanol–water partition coefficient (Wildman–Crippen LogP) is 3.73. The van der Waals surface area contributed by atoms with E-state index in [1.807, 2.05) is 18.7 Å². The molecule has 0 radical (unpaired) electrons. The summed E-state index contributed by atoms with van der Waals surface area (Å²) in [7, 11) is 2.01. The predicted molar refractivity (Wildman–Crippen MR) is 85.2 cm³/mol. The number of nitrogens with one attached hydrogen (secondary N) is 1. The van der Waals surface area contributed by atoms with E-state index in [1.165, 1.54) is 31.4 Å². The molecule has 1 N–H and O–H groups in total. The normalized spacial score (nSPS) is 23.5. The maximum atomic E-state index is 6.41. The van der Waals surface area contributed by atoms with E-state index in [0.717, 1.165) is 35.5 Å². The minimum atomic E-state index is 0.570. The highest BCUT2D eigenvalue weighted by molar-refractivity contribution is 6.31. The minimum absolute atomic E-state index is 0.570. The van der Waals surface area contributed by atoms with Crippen LogP contribution >= 0.6 is 11.6 Å². The average Bonchev–Trinajstić information content (AvgIpc) is 2.64. The molecule has 0 bridgehead atoms. The van der Waals surface area contributed by atoms with Crippen molar-refractivity contribution in [2.45, 2.75) is 58.9 Å². The van der Waals surface area contributed by atoms with E-state index in [-0.39, 0.29) is 0 Å². The molecule has 1 aliphatic rings. The van der Waals surface area contributed by atoms with Gasteiger partial charge in [0.05, 0.1) is 16.4 Å². The van der Waals surface area contributed by atoms with Gasteiger partial charge in [0.1, 0.15) is 0 Å². The Morgan fingerprint density at radius 1 is 1.30 bits per heavy atom. The standard InChI is InChI=1S/C16H28ClN3/c1-11(2)18-10-14-8-6-5-7-13(14)9-15-16(17)12(3)19-20(15)4/h11,13-14,18H,5-10H2,1-4H3. The largest absolute Gasteiger partial charge is 0.314 e. The number of nitrogens with zero attached hydrogens (tertiary/aromatic N) is 2. The Bertz CT molecular complexity index is 439. The summed E-state index contributed by atoms with van der Waals surface area (Å²) >= 11 is 6.41. The molecule has 1 heterocycles. The van der Waals surface area contributed by atoms with Crippen molar-refractivity contribution in [3.05, 3.63) is 16.4 Å². The highest BCUT2D eigenvalue weighted by atomic mass is 35.5. The molecule has 0 amide bonds. The van der Waals surface area contributed by atoms with Crippen molar-refractivity contribution in [2.24, 2.45) is 18.9 Å². The fourth-order valence-corrected chi connectivity index (χ4v) is 3.60. The summed E-state index contributed by atoms with van der Waals surface area (Å²) in [4.78, 5) is 0. The molecule has 0 spiro atoms. The Morgan fingerprint density at radius 3 is 2.50 bits per heavy atom. The van der Waals surface area contributed by atoms with Crippen LogP contribution in [0, 0.1) is 18.8 Å². The molecular formula is C16H28ClN3. The van der Waals surface area contributed by atoms with E-state index in [0.29, 0.717) is 6.04 Å². The van der Waals surface area contributed by atoms with Gasteiger partial charge in [0.25, 0.3) is 0 Å². The fourth-order valence-electron chi connectivity index (χ4n) is 3.36. The van der Waals surface area contributed by atoms with Gasteiger partial charge in [0, 0.05) is 13.1 Å². The van der Waals surface area contributed by atoms with E-state index in [1.54, 1.807) is 0 Å². The number of hydrogen-bond acceptors (Lipinski definition) is 2. The van der Waals surface area contributed by atoms with Crippen LogP contribution in [0.2, 0.25) is 5.02 Å². The van der Waals surface area contributed by atoms with E-state index < -0.39 is 0 Å². The van der Waals surface area contributed by atoms with Gasteiger partial charge in [0.2, 0.25) is 0 Å². The molecule has 1 aromatic heterocycles. The molecule has 0 saturated heterocycles. The average molecular weight is 298 g/mol. The first-order valence-corrected chi connectivity index (χ1v) is 8.28.